The second kappa shape index (κ2) is 7.59. The SMILES string of the molecule is COC(=O)Cn1c(Cn2cc(C(=O)OC(C)(C)C)nn2)cc2cc(C3CC3)ccc21. The smallest absolute Gasteiger partial charge is 0.361 e. The lowest BCUT2D eigenvalue weighted by molar-refractivity contribution is -0.141. The molecule has 0 bridgehead atoms. The van der Waals surface area contributed by atoms with Crippen molar-refractivity contribution >= 4 is 22.8 Å². The number of nitrogens with zero attached hydrogens (tertiary/aromatic N) is 4. The van der Waals surface area contributed by atoms with Crippen molar-refractivity contribution in [3.05, 3.63) is 47.4 Å². The molecule has 2 heterocycles. The van der Waals surface area contributed by atoms with Crippen molar-refractivity contribution in [2.24, 2.45) is 0 Å². The number of hydrogen-bond acceptors (Lipinski definition) is 6. The van der Waals surface area contributed by atoms with Gasteiger partial charge in [-0.2, -0.15) is 0 Å². The fourth-order valence-electron chi connectivity index (χ4n) is 3.49. The van der Waals surface area contributed by atoms with E-state index in [1.807, 2.05) is 4.57 Å². The Balaban J connectivity index is 1.63. The summed E-state index contributed by atoms with van der Waals surface area (Å²) in [5.74, 6) is -0.195. The van der Waals surface area contributed by atoms with Crippen LogP contribution in [-0.4, -0.2) is 44.2 Å². The molecule has 0 spiro atoms. The maximum absolute atomic E-state index is 12.2. The van der Waals surface area contributed by atoms with Crippen molar-refractivity contribution in [1.82, 2.24) is 19.6 Å². The molecule has 30 heavy (non-hydrogen) atoms. The molecule has 1 fully saturated rings. The first-order chi connectivity index (χ1) is 14.2. The molecule has 2 aromatic heterocycles. The zero-order chi connectivity index (χ0) is 21.5. The Morgan fingerprint density at radius 3 is 2.63 bits per heavy atom. The maximum atomic E-state index is 12.2. The van der Waals surface area contributed by atoms with Crippen molar-refractivity contribution in [2.45, 2.75) is 58.2 Å². The van der Waals surface area contributed by atoms with E-state index in [2.05, 4.69) is 34.6 Å². The van der Waals surface area contributed by atoms with Crippen LogP contribution in [0, 0.1) is 0 Å². The minimum atomic E-state index is -0.604. The molecule has 1 aliphatic carbocycles. The topological polar surface area (TPSA) is 88.2 Å². The van der Waals surface area contributed by atoms with E-state index in [1.165, 1.54) is 25.5 Å². The zero-order valence-electron chi connectivity index (χ0n) is 17.7. The van der Waals surface area contributed by atoms with E-state index in [0.717, 1.165) is 16.6 Å². The molecular weight excluding hydrogens is 384 g/mol. The number of aromatic nitrogens is 4. The van der Waals surface area contributed by atoms with Gasteiger partial charge in [-0.25, -0.2) is 9.48 Å². The van der Waals surface area contributed by atoms with E-state index in [4.69, 9.17) is 9.47 Å². The molecule has 0 amide bonds. The first-order valence-corrected chi connectivity index (χ1v) is 10.1. The summed E-state index contributed by atoms with van der Waals surface area (Å²) in [4.78, 5) is 24.2. The standard InChI is InChI=1S/C22H26N4O4/c1-22(2,3)30-21(28)18-12-25(24-23-18)11-17-10-16-9-15(14-5-6-14)7-8-19(16)26(17)13-20(27)29-4/h7-10,12,14H,5-6,11,13H2,1-4H3. The first-order valence-electron chi connectivity index (χ1n) is 10.1. The van der Waals surface area contributed by atoms with Gasteiger partial charge in [-0.1, -0.05) is 11.3 Å². The molecule has 0 radical (unpaired) electrons. The monoisotopic (exact) mass is 410 g/mol. The molecule has 8 heteroatoms. The summed E-state index contributed by atoms with van der Waals surface area (Å²) in [5.41, 5.74) is 2.72. The third-order valence-electron chi connectivity index (χ3n) is 5.05. The van der Waals surface area contributed by atoms with Crippen molar-refractivity contribution in [3.8, 4) is 0 Å². The van der Waals surface area contributed by atoms with Gasteiger partial charge in [0.05, 0.1) is 19.9 Å². The van der Waals surface area contributed by atoms with Crippen LogP contribution < -0.4 is 0 Å². The van der Waals surface area contributed by atoms with E-state index in [0.29, 0.717) is 12.5 Å². The largest absolute Gasteiger partial charge is 0.468 e. The van der Waals surface area contributed by atoms with Crippen LogP contribution in [0.5, 0.6) is 0 Å². The van der Waals surface area contributed by atoms with E-state index < -0.39 is 11.6 Å². The molecule has 158 valence electrons. The van der Waals surface area contributed by atoms with Gasteiger partial charge < -0.3 is 14.0 Å². The van der Waals surface area contributed by atoms with E-state index >= 15 is 0 Å². The fraction of sp³-hybridized carbons (Fsp3) is 0.455. The molecule has 0 aliphatic heterocycles. The quantitative estimate of drug-likeness (QED) is 0.580. The lowest BCUT2D eigenvalue weighted by Crippen LogP contribution is -2.24. The van der Waals surface area contributed by atoms with Crippen LogP contribution in [0.15, 0.2) is 30.5 Å². The molecule has 1 aromatic carbocycles. The molecule has 1 saturated carbocycles. The lowest BCUT2D eigenvalue weighted by atomic mass is 10.1. The normalized spacial score (nSPS) is 14.1. The predicted molar refractivity (Wildman–Crippen MR) is 110 cm³/mol. The minimum absolute atomic E-state index is 0.103. The summed E-state index contributed by atoms with van der Waals surface area (Å²) in [6.07, 6.45) is 4.02. The molecule has 0 N–H and O–H groups in total. The number of rotatable bonds is 6. The molecule has 8 nitrogen and oxygen atoms in total. The number of carbonyl (C=O) groups is 2. The van der Waals surface area contributed by atoms with Crippen LogP contribution in [0.3, 0.4) is 0 Å². The van der Waals surface area contributed by atoms with Gasteiger partial charge in [-0.15, -0.1) is 5.10 Å². The molecular formula is C22H26N4O4. The Labute approximate surface area is 174 Å². The second-order valence-corrected chi connectivity index (χ2v) is 8.69. The van der Waals surface area contributed by atoms with E-state index in [-0.39, 0.29) is 18.2 Å². The van der Waals surface area contributed by atoms with Gasteiger partial charge in [0.1, 0.15) is 12.1 Å². The average Bonchev–Trinajstić information content (AvgIpc) is 3.34. The third-order valence-corrected chi connectivity index (χ3v) is 5.05. The van der Waals surface area contributed by atoms with Gasteiger partial charge in [0.15, 0.2) is 5.69 Å². The van der Waals surface area contributed by atoms with Gasteiger partial charge in [0, 0.05) is 16.6 Å². The van der Waals surface area contributed by atoms with Crippen LogP contribution in [0.1, 0.15) is 61.3 Å². The summed E-state index contributed by atoms with van der Waals surface area (Å²) < 4.78 is 13.7. The van der Waals surface area contributed by atoms with Crippen molar-refractivity contribution in [2.75, 3.05) is 7.11 Å². The lowest BCUT2D eigenvalue weighted by Gasteiger charge is -2.18. The third kappa shape index (κ3) is 4.37. The van der Waals surface area contributed by atoms with Crippen molar-refractivity contribution in [3.63, 3.8) is 0 Å². The Morgan fingerprint density at radius 2 is 1.97 bits per heavy atom. The van der Waals surface area contributed by atoms with Crippen LogP contribution in [0.25, 0.3) is 10.9 Å². The zero-order valence-corrected chi connectivity index (χ0v) is 17.7. The Bertz CT molecular complexity index is 1100. The Kier molecular flexibility index (Phi) is 5.09. The summed E-state index contributed by atoms with van der Waals surface area (Å²) in [6.45, 7) is 5.87. The minimum Gasteiger partial charge on any atom is -0.468 e. The number of benzene rings is 1. The number of methoxy groups -OCH3 is 1. The van der Waals surface area contributed by atoms with Crippen LogP contribution in [-0.2, 0) is 27.4 Å². The summed E-state index contributed by atoms with van der Waals surface area (Å²) >= 11 is 0. The molecule has 0 saturated heterocycles. The summed E-state index contributed by atoms with van der Waals surface area (Å²) in [6, 6.07) is 8.44. The Hall–Kier alpha value is -3.16. The number of ether oxygens (including phenoxy) is 2. The van der Waals surface area contributed by atoms with Gasteiger partial charge in [0.2, 0.25) is 0 Å². The van der Waals surface area contributed by atoms with Gasteiger partial charge in [-0.05, 0) is 63.3 Å². The highest BCUT2D eigenvalue weighted by atomic mass is 16.6. The first kappa shape index (κ1) is 20.1. The highest BCUT2D eigenvalue weighted by molar-refractivity contribution is 5.87. The Morgan fingerprint density at radius 1 is 1.20 bits per heavy atom. The molecule has 0 unspecified atom stereocenters. The molecule has 1 aliphatic rings. The number of carbonyl (C=O) groups excluding carboxylic acids is 2. The average molecular weight is 410 g/mol. The fourth-order valence-corrected chi connectivity index (χ4v) is 3.49. The highest BCUT2D eigenvalue weighted by Crippen LogP contribution is 2.41. The van der Waals surface area contributed by atoms with Crippen LogP contribution >= 0.6 is 0 Å². The van der Waals surface area contributed by atoms with Gasteiger partial charge in [-0.3, -0.25) is 4.79 Å². The predicted octanol–water partition coefficient (Wildman–Crippen LogP) is 3.29. The molecule has 3 aromatic rings. The molecule has 4 rings (SSSR count). The van der Waals surface area contributed by atoms with Crippen molar-refractivity contribution in [1.29, 1.82) is 0 Å². The van der Waals surface area contributed by atoms with Crippen LogP contribution in [0.4, 0.5) is 0 Å². The van der Waals surface area contributed by atoms with Gasteiger partial charge in [0.25, 0.3) is 0 Å². The van der Waals surface area contributed by atoms with Crippen molar-refractivity contribution < 1.29 is 19.1 Å². The van der Waals surface area contributed by atoms with Gasteiger partial charge >= 0.3 is 11.9 Å². The summed E-state index contributed by atoms with van der Waals surface area (Å²) in [5, 5.41) is 9.08. The van der Waals surface area contributed by atoms with Crippen LogP contribution in [0.2, 0.25) is 0 Å². The highest BCUT2D eigenvalue weighted by Gasteiger charge is 2.25. The molecule has 0 atom stereocenters. The summed E-state index contributed by atoms with van der Waals surface area (Å²) in [7, 11) is 1.38. The van der Waals surface area contributed by atoms with E-state index in [1.54, 1.807) is 31.6 Å². The maximum Gasteiger partial charge on any atom is 0.361 e. The number of fused-ring (bicyclic) bond motifs is 1. The second-order valence-electron chi connectivity index (χ2n) is 8.69. The number of esters is 2. The van der Waals surface area contributed by atoms with E-state index in [9.17, 15) is 9.59 Å². The number of hydrogen-bond donors (Lipinski definition) is 0.